The largest absolute Gasteiger partial charge is 0.423 e. The minimum absolute atomic E-state index is 0.00988. The van der Waals surface area contributed by atoms with Crippen LogP contribution in [0.25, 0.3) is 6.08 Å². The highest BCUT2D eigenvalue weighted by molar-refractivity contribution is 6.14. The van der Waals surface area contributed by atoms with E-state index in [4.69, 9.17) is 4.74 Å². The summed E-state index contributed by atoms with van der Waals surface area (Å²) in [6.45, 7) is 6.34. The normalized spacial score (nSPS) is 11.5. The molecule has 0 saturated carbocycles. The number of ketones is 1. The first-order valence-corrected chi connectivity index (χ1v) is 9.92. The Balaban J connectivity index is 1.71. The molecule has 0 unspecified atom stereocenters. The molecule has 0 heterocycles. The molecule has 0 amide bonds. The van der Waals surface area contributed by atoms with E-state index >= 15 is 0 Å². The Morgan fingerprint density at radius 2 is 1.45 bits per heavy atom. The summed E-state index contributed by atoms with van der Waals surface area (Å²) in [6, 6.07) is 24.6. The molecular formula is C27H23NO3. The summed E-state index contributed by atoms with van der Waals surface area (Å²) in [7, 11) is 0. The number of ether oxygens (including phenoxy) is 1. The molecule has 0 fully saturated rings. The van der Waals surface area contributed by atoms with Crippen molar-refractivity contribution in [1.82, 2.24) is 0 Å². The molecule has 0 bridgehead atoms. The number of esters is 1. The van der Waals surface area contributed by atoms with Crippen molar-refractivity contribution < 1.29 is 14.3 Å². The lowest BCUT2D eigenvalue weighted by atomic mass is 9.87. The van der Waals surface area contributed by atoms with Crippen LogP contribution in [0.15, 0.2) is 84.4 Å². The predicted octanol–water partition coefficient (Wildman–Crippen LogP) is 5.99. The number of allylic oxidation sites excluding steroid dienone is 1. The number of Topliss-reactive ketones (excluding diaryl/α,β-unsaturated/α-hetero) is 1. The summed E-state index contributed by atoms with van der Waals surface area (Å²) in [5.74, 6) is -0.395. The average Bonchev–Trinajstić information content (AvgIpc) is 2.78. The van der Waals surface area contributed by atoms with Crippen molar-refractivity contribution in [2.24, 2.45) is 0 Å². The SMILES string of the molecule is CC(C)(C)c1ccc(C(=O)Oc2ccc(/C=C(\C#N)C(=O)c3ccccc3)cc2)cc1. The predicted molar refractivity (Wildman–Crippen MR) is 121 cm³/mol. The zero-order valence-electron chi connectivity index (χ0n) is 17.8. The number of carbonyl (C=O) groups is 2. The number of nitriles is 1. The minimum atomic E-state index is -0.444. The third kappa shape index (κ3) is 5.55. The molecule has 4 nitrogen and oxygen atoms in total. The molecule has 4 heteroatoms. The maximum absolute atomic E-state index is 12.5. The van der Waals surface area contributed by atoms with Gasteiger partial charge in [-0.05, 0) is 46.9 Å². The molecular weight excluding hydrogens is 386 g/mol. The highest BCUT2D eigenvalue weighted by atomic mass is 16.5. The molecule has 0 atom stereocenters. The molecule has 0 aromatic heterocycles. The highest BCUT2D eigenvalue weighted by Gasteiger charge is 2.15. The van der Waals surface area contributed by atoms with Gasteiger partial charge in [0.15, 0.2) is 0 Å². The Bertz CT molecular complexity index is 1140. The fourth-order valence-corrected chi connectivity index (χ4v) is 2.96. The number of hydrogen-bond acceptors (Lipinski definition) is 4. The summed E-state index contributed by atoms with van der Waals surface area (Å²) in [5.41, 5.74) is 2.77. The van der Waals surface area contributed by atoms with Crippen LogP contribution in [0.1, 0.15) is 52.6 Å². The van der Waals surface area contributed by atoms with Gasteiger partial charge in [0, 0.05) is 5.56 Å². The summed E-state index contributed by atoms with van der Waals surface area (Å²) in [4.78, 5) is 24.9. The third-order valence-electron chi connectivity index (χ3n) is 4.79. The molecule has 0 N–H and O–H groups in total. The van der Waals surface area contributed by atoms with E-state index in [-0.39, 0.29) is 16.8 Å². The number of carbonyl (C=O) groups excluding carboxylic acids is 2. The van der Waals surface area contributed by atoms with Crippen LogP contribution in [0.3, 0.4) is 0 Å². The van der Waals surface area contributed by atoms with Crippen LogP contribution in [0.4, 0.5) is 0 Å². The maximum atomic E-state index is 12.5. The zero-order valence-corrected chi connectivity index (χ0v) is 17.8. The van der Waals surface area contributed by atoms with E-state index in [1.807, 2.05) is 24.3 Å². The van der Waals surface area contributed by atoms with Gasteiger partial charge in [-0.25, -0.2) is 4.79 Å². The van der Waals surface area contributed by atoms with Gasteiger partial charge >= 0.3 is 5.97 Å². The Hall–Kier alpha value is -3.97. The van der Waals surface area contributed by atoms with Crippen molar-refractivity contribution in [3.05, 3.63) is 107 Å². The van der Waals surface area contributed by atoms with Crippen LogP contribution in [-0.4, -0.2) is 11.8 Å². The third-order valence-corrected chi connectivity index (χ3v) is 4.79. The van der Waals surface area contributed by atoms with Gasteiger partial charge in [-0.3, -0.25) is 4.79 Å². The van der Waals surface area contributed by atoms with E-state index in [2.05, 4.69) is 20.8 Å². The molecule has 31 heavy (non-hydrogen) atoms. The van der Waals surface area contributed by atoms with Crippen LogP contribution in [0, 0.1) is 11.3 Å². The average molecular weight is 409 g/mol. The lowest BCUT2D eigenvalue weighted by Gasteiger charge is -2.18. The molecule has 0 spiro atoms. The van der Waals surface area contributed by atoms with Crippen LogP contribution >= 0.6 is 0 Å². The van der Waals surface area contributed by atoms with E-state index in [0.29, 0.717) is 22.4 Å². The van der Waals surface area contributed by atoms with Crippen molar-refractivity contribution >= 4 is 17.8 Å². The van der Waals surface area contributed by atoms with Gasteiger partial charge in [0.2, 0.25) is 5.78 Å². The first-order chi connectivity index (χ1) is 14.8. The summed E-state index contributed by atoms with van der Waals surface area (Å²) < 4.78 is 5.44. The Morgan fingerprint density at radius 1 is 0.839 bits per heavy atom. The summed E-state index contributed by atoms with van der Waals surface area (Å²) in [5, 5.41) is 9.38. The van der Waals surface area contributed by atoms with E-state index < -0.39 is 5.97 Å². The molecule has 0 saturated heterocycles. The topological polar surface area (TPSA) is 67.2 Å². The van der Waals surface area contributed by atoms with Crippen molar-refractivity contribution in [2.45, 2.75) is 26.2 Å². The van der Waals surface area contributed by atoms with Crippen molar-refractivity contribution in [2.75, 3.05) is 0 Å². The first-order valence-electron chi connectivity index (χ1n) is 9.92. The van der Waals surface area contributed by atoms with Crippen LogP contribution in [0.2, 0.25) is 0 Å². The number of rotatable bonds is 5. The van der Waals surface area contributed by atoms with Crippen molar-refractivity contribution in [3.8, 4) is 11.8 Å². The van der Waals surface area contributed by atoms with Gasteiger partial charge < -0.3 is 4.74 Å². The molecule has 154 valence electrons. The van der Waals surface area contributed by atoms with Gasteiger partial charge in [0.1, 0.15) is 17.4 Å². The molecule has 3 aromatic carbocycles. The second-order valence-corrected chi connectivity index (χ2v) is 8.15. The standard InChI is InChI=1S/C27H23NO3/c1-27(2,3)23-13-11-21(12-14-23)26(30)31-24-15-9-19(10-16-24)17-22(18-28)25(29)20-7-5-4-6-8-20/h4-17H,1-3H3/b22-17+. The fraction of sp³-hybridized carbons (Fsp3) is 0.148. The maximum Gasteiger partial charge on any atom is 0.343 e. The smallest absolute Gasteiger partial charge is 0.343 e. The van der Waals surface area contributed by atoms with Gasteiger partial charge in [0.05, 0.1) is 5.56 Å². The fourth-order valence-electron chi connectivity index (χ4n) is 2.96. The minimum Gasteiger partial charge on any atom is -0.423 e. The highest BCUT2D eigenvalue weighted by Crippen LogP contribution is 2.23. The van der Waals surface area contributed by atoms with E-state index in [0.717, 1.165) is 5.56 Å². The van der Waals surface area contributed by atoms with E-state index in [9.17, 15) is 14.9 Å². The van der Waals surface area contributed by atoms with Crippen LogP contribution < -0.4 is 4.74 Å². The monoisotopic (exact) mass is 409 g/mol. The summed E-state index contributed by atoms with van der Waals surface area (Å²) in [6.07, 6.45) is 1.52. The molecule has 0 aliphatic rings. The Kier molecular flexibility index (Phi) is 6.47. The molecule has 3 rings (SSSR count). The number of hydrogen-bond donors (Lipinski definition) is 0. The number of benzene rings is 3. The summed E-state index contributed by atoms with van der Waals surface area (Å²) >= 11 is 0. The molecule has 3 aromatic rings. The van der Waals surface area contributed by atoms with E-state index in [1.54, 1.807) is 60.7 Å². The van der Waals surface area contributed by atoms with Crippen LogP contribution in [-0.2, 0) is 5.41 Å². The van der Waals surface area contributed by atoms with Crippen LogP contribution in [0.5, 0.6) is 5.75 Å². The lowest BCUT2D eigenvalue weighted by molar-refractivity contribution is 0.0734. The first kappa shape index (κ1) is 21.7. The zero-order chi connectivity index (χ0) is 22.4. The quantitative estimate of drug-likeness (QED) is 0.171. The van der Waals surface area contributed by atoms with Gasteiger partial charge in [-0.15, -0.1) is 0 Å². The van der Waals surface area contributed by atoms with Crippen molar-refractivity contribution in [1.29, 1.82) is 5.26 Å². The second-order valence-electron chi connectivity index (χ2n) is 8.15. The molecule has 0 aliphatic heterocycles. The van der Waals surface area contributed by atoms with Gasteiger partial charge in [-0.2, -0.15) is 5.26 Å². The Labute approximate surface area is 182 Å². The molecule has 0 aliphatic carbocycles. The van der Waals surface area contributed by atoms with Gasteiger partial charge in [-0.1, -0.05) is 75.4 Å². The molecule has 0 radical (unpaired) electrons. The van der Waals surface area contributed by atoms with E-state index in [1.165, 1.54) is 6.08 Å². The number of nitrogens with zero attached hydrogens (tertiary/aromatic N) is 1. The second kappa shape index (κ2) is 9.23. The van der Waals surface area contributed by atoms with Crippen molar-refractivity contribution in [3.63, 3.8) is 0 Å². The van der Waals surface area contributed by atoms with Gasteiger partial charge in [0.25, 0.3) is 0 Å². The Morgan fingerprint density at radius 3 is 2.00 bits per heavy atom. The lowest BCUT2D eigenvalue weighted by Crippen LogP contribution is -2.12.